The fourth-order valence-corrected chi connectivity index (χ4v) is 7.32. The number of hydrogen-bond acceptors (Lipinski definition) is 8. The van der Waals surface area contributed by atoms with Crippen LogP contribution in [0, 0.1) is 5.92 Å². The van der Waals surface area contributed by atoms with Gasteiger partial charge in [-0.1, -0.05) is 18.2 Å². The molecule has 0 bridgehead atoms. The maximum atomic E-state index is 12.9. The predicted octanol–water partition coefficient (Wildman–Crippen LogP) is 5.25. The number of pyridine rings is 1. The topological polar surface area (TPSA) is 138 Å². The van der Waals surface area contributed by atoms with Crippen LogP contribution in [0.5, 0.6) is 0 Å². The Labute approximate surface area is 236 Å². The van der Waals surface area contributed by atoms with Crippen LogP contribution in [-0.2, 0) is 4.79 Å². The summed E-state index contributed by atoms with van der Waals surface area (Å²) in [6.07, 6.45) is 8.93. The van der Waals surface area contributed by atoms with Gasteiger partial charge in [0, 0.05) is 48.1 Å². The summed E-state index contributed by atoms with van der Waals surface area (Å²) in [5.41, 5.74) is 3.68. The van der Waals surface area contributed by atoms with Crippen molar-refractivity contribution in [2.45, 2.75) is 44.2 Å². The molecule has 0 unspecified atom stereocenters. The van der Waals surface area contributed by atoms with Gasteiger partial charge in [0.15, 0.2) is 5.65 Å². The van der Waals surface area contributed by atoms with Gasteiger partial charge in [-0.25, -0.2) is 9.67 Å². The minimum absolute atomic E-state index is 0.0207. The van der Waals surface area contributed by atoms with Crippen LogP contribution in [0.25, 0.3) is 27.8 Å². The summed E-state index contributed by atoms with van der Waals surface area (Å²) in [4.78, 5) is 26.4. The molecule has 1 amide bonds. The van der Waals surface area contributed by atoms with E-state index in [1.807, 2.05) is 42.6 Å². The van der Waals surface area contributed by atoms with Gasteiger partial charge in [-0.05, 0) is 77.4 Å². The number of halogens is 1. The number of aromatic nitrogens is 5. The summed E-state index contributed by atoms with van der Waals surface area (Å²) in [5, 5.41) is 12.0. The number of rotatable bonds is 6. The average Bonchev–Trinajstić information content (AvgIpc) is 3.55. The van der Waals surface area contributed by atoms with Gasteiger partial charge in [0.05, 0.1) is 11.1 Å². The Kier molecular flexibility index (Phi) is 7.27. The van der Waals surface area contributed by atoms with Gasteiger partial charge in [0.2, 0.25) is 11.9 Å². The van der Waals surface area contributed by atoms with Crippen molar-refractivity contribution in [3.63, 3.8) is 0 Å². The minimum atomic E-state index is -2.45. The highest BCUT2D eigenvalue weighted by Crippen LogP contribution is 2.44. The zero-order valence-electron chi connectivity index (χ0n) is 21.2. The fourth-order valence-electron chi connectivity index (χ4n) is 5.35. The Bertz CT molecular complexity index is 1470. The van der Waals surface area contributed by atoms with Crippen LogP contribution in [0.15, 0.2) is 59.6 Å². The van der Waals surface area contributed by atoms with E-state index in [0.717, 1.165) is 35.0 Å². The van der Waals surface area contributed by atoms with Crippen molar-refractivity contribution in [1.29, 1.82) is 0 Å². The molecule has 4 heterocycles. The highest BCUT2D eigenvalue weighted by molar-refractivity contribution is 9.10. The Morgan fingerprint density at radius 1 is 1.00 bits per heavy atom. The third-order valence-corrected chi connectivity index (χ3v) is 9.92. The summed E-state index contributed by atoms with van der Waals surface area (Å²) in [7, 11) is -2.45. The molecule has 1 saturated heterocycles. The molecule has 1 aliphatic carbocycles. The van der Waals surface area contributed by atoms with Crippen LogP contribution in [0.4, 0.5) is 5.95 Å². The number of anilines is 1. The molecule has 3 aromatic heterocycles. The zero-order valence-corrected chi connectivity index (χ0v) is 23.6. The molecule has 1 aromatic carbocycles. The predicted molar refractivity (Wildman–Crippen MR) is 156 cm³/mol. The molecular formula is C27H30BrN7O3S. The van der Waals surface area contributed by atoms with E-state index in [4.69, 9.17) is 4.98 Å². The largest absolute Gasteiger partial charge is 0.353 e. The Balaban J connectivity index is 1.13. The number of nitrogens with one attached hydrogen (secondary N) is 2. The lowest BCUT2D eigenvalue weighted by Gasteiger charge is -2.39. The van der Waals surface area contributed by atoms with Crippen LogP contribution < -0.4 is 10.6 Å². The molecule has 4 N–H and O–H groups in total. The quantitative estimate of drug-likeness (QED) is 0.232. The van der Waals surface area contributed by atoms with E-state index in [9.17, 15) is 13.9 Å². The maximum absolute atomic E-state index is 12.9. The molecular weight excluding hydrogens is 582 g/mol. The van der Waals surface area contributed by atoms with E-state index in [-0.39, 0.29) is 23.9 Å². The molecule has 204 valence electrons. The van der Waals surface area contributed by atoms with Gasteiger partial charge in [-0.15, -0.1) is 0 Å². The first kappa shape index (κ1) is 26.2. The van der Waals surface area contributed by atoms with Crippen molar-refractivity contribution in [1.82, 2.24) is 30.0 Å². The highest BCUT2D eigenvalue weighted by atomic mass is 79.9. The second-order valence-electron chi connectivity index (χ2n) is 10.3. The monoisotopic (exact) mass is 611 g/mol. The van der Waals surface area contributed by atoms with E-state index in [1.54, 1.807) is 17.1 Å². The van der Waals surface area contributed by atoms with Crippen molar-refractivity contribution in [2.75, 3.05) is 16.8 Å². The Morgan fingerprint density at radius 2 is 1.79 bits per heavy atom. The third kappa shape index (κ3) is 5.79. The van der Waals surface area contributed by atoms with E-state index in [2.05, 4.69) is 41.6 Å². The summed E-state index contributed by atoms with van der Waals surface area (Å²) in [5.74, 6) is 1.22. The molecule has 6 rings (SSSR count). The number of carbonyl (C=O) groups is 1. The molecule has 0 spiro atoms. The lowest BCUT2D eigenvalue weighted by atomic mass is 10.1. The first-order chi connectivity index (χ1) is 18.8. The third-order valence-electron chi connectivity index (χ3n) is 7.56. The number of nitrogens with zero attached hydrogens (tertiary/aromatic N) is 5. The lowest BCUT2D eigenvalue weighted by Crippen LogP contribution is -2.42. The number of carbonyl (C=O) groups excluding carboxylic acids is 1. The van der Waals surface area contributed by atoms with E-state index in [1.165, 1.54) is 0 Å². The molecule has 10 nitrogen and oxygen atoms in total. The van der Waals surface area contributed by atoms with Gasteiger partial charge >= 0.3 is 0 Å². The Morgan fingerprint density at radius 3 is 2.54 bits per heavy atom. The van der Waals surface area contributed by atoms with Gasteiger partial charge in [0.1, 0.15) is 4.60 Å². The summed E-state index contributed by atoms with van der Waals surface area (Å²) in [6.45, 7) is 0. The van der Waals surface area contributed by atoms with Gasteiger partial charge in [-0.2, -0.15) is 20.7 Å². The second-order valence-corrected chi connectivity index (χ2v) is 13.4. The molecule has 2 aliphatic rings. The van der Waals surface area contributed by atoms with Crippen LogP contribution in [0.2, 0.25) is 0 Å². The fraction of sp³-hybridized carbons (Fsp3) is 0.370. The molecule has 1 aliphatic heterocycles. The Hall–Kier alpha value is -3.06. The van der Waals surface area contributed by atoms with Crippen molar-refractivity contribution in [2.24, 2.45) is 5.92 Å². The molecule has 12 heteroatoms. The number of fused-ring (bicyclic) bond motifs is 1. The minimum Gasteiger partial charge on any atom is -0.353 e. The second kappa shape index (κ2) is 10.8. The SMILES string of the molecule is O=C(NC1CCS(O)(O)CC1)[C@@H]1CC[C@@H](Nc2ncc3c(Br)nn(-c4ccc(-c5cccnc5)cc4)c3n2)C1. The van der Waals surface area contributed by atoms with Gasteiger partial charge in [-0.3, -0.25) is 18.9 Å². The summed E-state index contributed by atoms with van der Waals surface area (Å²) >= 11 is 3.54. The number of hydrogen-bond donors (Lipinski definition) is 4. The van der Waals surface area contributed by atoms with Crippen LogP contribution in [0.3, 0.4) is 0 Å². The van der Waals surface area contributed by atoms with E-state index in [0.29, 0.717) is 47.0 Å². The smallest absolute Gasteiger partial charge is 0.224 e. The molecule has 1 saturated carbocycles. The molecule has 39 heavy (non-hydrogen) atoms. The highest BCUT2D eigenvalue weighted by Gasteiger charge is 2.33. The molecule has 0 radical (unpaired) electrons. The summed E-state index contributed by atoms with van der Waals surface area (Å²) in [6, 6.07) is 12.1. The molecule has 2 fully saturated rings. The van der Waals surface area contributed by atoms with Gasteiger partial charge < -0.3 is 10.6 Å². The van der Waals surface area contributed by atoms with E-state index >= 15 is 0 Å². The summed E-state index contributed by atoms with van der Waals surface area (Å²) < 4.78 is 22.1. The maximum Gasteiger partial charge on any atom is 0.224 e. The van der Waals surface area contributed by atoms with Crippen molar-refractivity contribution in [3.05, 3.63) is 59.6 Å². The first-order valence-electron chi connectivity index (χ1n) is 13.1. The van der Waals surface area contributed by atoms with Crippen molar-refractivity contribution in [3.8, 4) is 16.8 Å². The number of amides is 1. The first-order valence-corrected chi connectivity index (χ1v) is 15.7. The zero-order chi connectivity index (χ0) is 27.0. The van der Waals surface area contributed by atoms with Crippen molar-refractivity contribution < 1.29 is 13.9 Å². The van der Waals surface area contributed by atoms with Gasteiger partial charge in [0.25, 0.3) is 0 Å². The van der Waals surface area contributed by atoms with Crippen molar-refractivity contribution >= 4 is 49.4 Å². The normalized spacial score (nSPS) is 22.0. The van der Waals surface area contributed by atoms with E-state index < -0.39 is 10.6 Å². The lowest BCUT2D eigenvalue weighted by molar-refractivity contribution is -0.125. The van der Waals surface area contributed by atoms with Crippen LogP contribution in [-0.4, -0.2) is 63.3 Å². The molecule has 4 aromatic rings. The molecule has 2 atom stereocenters. The average molecular weight is 613 g/mol. The number of benzene rings is 1. The van der Waals surface area contributed by atoms with Crippen LogP contribution >= 0.6 is 26.5 Å². The van der Waals surface area contributed by atoms with Crippen LogP contribution in [0.1, 0.15) is 32.1 Å². The standard InChI is InChI=1S/C27H30BrN7O3S/c28-24-23-16-30-27(32-21-6-3-18(14-21)26(36)31-20-9-12-39(37,38)13-10-20)33-25(23)35(34-24)22-7-4-17(5-8-22)19-2-1-11-29-15-19/h1-2,4-5,7-8,11,15-16,18,20-21,37-38H,3,6,9-10,12-14H2,(H,31,36)(H,30,32,33)/t18-,21-/m1/s1.